The first-order valence-corrected chi connectivity index (χ1v) is 14.4. The minimum Gasteiger partial charge on any atom is -0.393 e. The van der Waals surface area contributed by atoms with Crippen LogP contribution in [0.25, 0.3) is 0 Å². The number of aliphatic hydroxyl groups is 2. The van der Waals surface area contributed by atoms with E-state index in [0.29, 0.717) is 11.8 Å². The van der Waals surface area contributed by atoms with Crippen molar-refractivity contribution in [3.63, 3.8) is 0 Å². The van der Waals surface area contributed by atoms with Crippen LogP contribution < -0.4 is 0 Å². The monoisotopic (exact) mass is 458 g/mol. The molecule has 3 saturated carbocycles. The SMILES string of the molecule is CC(C)CCC[C@@H](C)[C@H]1CC[C@@]2([C@@H](C)O)C3=CCC4C(C)(C)[C@@H](O)CC[C@]4(C)[C@H]3CC[C@]12C. The van der Waals surface area contributed by atoms with Crippen molar-refractivity contribution in [1.29, 1.82) is 0 Å². The molecule has 2 N–H and O–H groups in total. The molecule has 4 aliphatic carbocycles. The smallest absolute Gasteiger partial charge is 0.0610 e. The first-order valence-electron chi connectivity index (χ1n) is 14.4. The van der Waals surface area contributed by atoms with Crippen LogP contribution in [0.15, 0.2) is 11.6 Å². The van der Waals surface area contributed by atoms with Gasteiger partial charge in [-0.15, -0.1) is 0 Å². The van der Waals surface area contributed by atoms with E-state index in [1.165, 1.54) is 38.5 Å². The molecule has 1 unspecified atom stereocenters. The Bertz CT molecular complexity index is 750. The topological polar surface area (TPSA) is 40.5 Å². The third kappa shape index (κ3) is 3.62. The van der Waals surface area contributed by atoms with Gasteiger partial charge in [0, 0.05) is 5.41 Å². The molecule has 4 aliphatic rings. The molecule has 2 nitrogen and oxygen atoms in total. The van der Waals surface area contributed by atoms with Gasteiger partial charge in [-0.1, -0.05) is 79.4 Å². The van der Waals surface area contributed by atoms with Crippen LogP contribution in [0.2, 0.25) is 0 Å². The van der Waals surface area contributed by atoms with Crippen LogP contribution in [0.3, 0.4) is 0 Å². The van der Waals surface area contributed by atoms with Gasteiger partial charge in [-0.3, -0.25) is 0 Å². The molecule has 0 aliphatic heterocycles. The summed E-state index contributed by atoms with van der Waals surface area (Å²) in [6, 6.07) is 0. The molecule has 2 heteroatoms. The zero-order valence-corrected chi connectivity index (χ0v) is 23.1. The quantitative estimate of drug-likeness (QED) is 0.399. The van der Waals surface area contributed by atoms with Gasteiger partial charge in [-0.2, -0.15) is 0 Å². The van der Waals surface area contributed by atoms with Crippen molar-refractivity contribution >= 4 is 0 Å². The minimum atomic E-state index is -0.285. The third-order valence-electron chi connectivity index (χ3n) is 12.3. The summed E-state index contributed by atoms with van der Waals surface area (Å²) in [5.74, 6) is 3.35. The highest BCUT2D eigenvalue weighted by molar-refractivity contribution is 5.35. The normalized spacial score (nSPS) is 46.2. The first kappa shape index (κ1) is 25.7. The number of fused-ring (bicyclic) bond motifs is 5. The van der Waals surface area contributed by atoms with Gasteiger partial charge in [0.15, 0.2) is 0 Å². The fraction of sp³-hybridized carbons (Fsp3) is 0.935. The number of allylic oxidation sites excluding steroid dienone is 1. The van der Waals surface area contributed by atoms with Crippen molar-refractivity contribution in [2.24, 2.45) is 51.2 Å². The summed E-state index contributed by atoms with van der Waals surface area (Å²) in [5.41, 5.74) is 2.00. The molecule has 0 spiro atoms. The maximum atomic E-state index is 11.5. The molecule has 9 atom stereocenters. The van der Waals surface area contributed by atoms with Crippen molar-refractivity contribution in [2.75, 3.05) is 0 Å². The third-order valence-corrected chi connectivity index (χ3v) is 12.3. The predicted octanol–water partition coefficient (Wildman–Crippen LogP) is 7.78. The second kappa shape index (κ2) is 8.65. The molecule has 0 aromatic heterocycles. The summed E-state index contributed by atoms with van der Waals surface area (Å²) >= 11 is 0. The van der Waals surface area contributed by atoms with E-state index in [1.807, 2.05) is 0 Å². The Balaban J connectivity index is 1.68. The molecule has 190 valence electrons. The highest BCUT2D eigenvalue weighted by Crippen LogP contribution is 2.74. The van der Waals surface area contributed by atoms with Gasteiger partial charge < -0.3 is 10.2 Å². The first-order chi connectivity index (χ1) is 15.3. The minimum absolute atomic E-state index is 0.0308. The lowest BCUT2D eigenvalue weighted by Crippen LogP contribution is -2.60. The van der Waals surface area contributed by atoms with Crippen molar-refractivity contribution in [2.45, 2.75) is 132 Å². The molecule has 0 heterocycles. The average molecular weight is 459 g/mol. The van der Waals surface area contributed by atoms with E-state index in [-0.39, 0.29) is 33.9 Å². The van der Waals surface area contributed by atoms with E-state index >= 15 is 0 Å². The summed E-state index contributed by atoms with van der Waals surface area (Å²) in [6.45, 7) is 19.0. The van der Waals surface area contributed by atoms with E-state index < -0.39 is 0 Å². The largest absolute Gasteiger partial charge is 0.393 e. The Hall–Kier alpha value is -0.340. The van der Waals surface area contributed by atoms with Gasteiger partial charge in [0.25, 0.3) is 0 Å². The summed E-state index contributed by atoms with van der Waals surface area (Å²) < 4.78 is 0. The van der Waals surface area contributed by atoms with Gasteiger partial charge in [-0.05, 0) is 97.7 Å². The van der Waals surface area contributed by atoms with Crippen LogP contribution in [0.4, 0.5) is 0 Å². The van der Waals surface area contributed by atoms with E-state index in [1.54, 1.807) is 5.57 Å². The maximum absolute atomic E-state index is 11.5. The maximum Gasteiger partial charge on any atom is 0.0610 e. The summed E-state index contributed by atoms with van der Waals surface area (Å²) in [4.78, 5) is 0. The van der Waals surface area contributed by atoms with Crippen LogP contribution >= 0.6 is 0 Å². The molecule has 0 amide bonds. The van der Waals surface area contributed by atoms with E-state index in [0.717, 1.165) is 43.4 Å². The van der Waals surface area contributed by atoms with Crippen LogP contribution in [0, 0.1) is 51.2 Å². The molecule has 0 aromatic rings. The predicted molar refractivity (Wildman–Crippen MR) is 139 cm³/mol. The lowest BCUT2D eigenvalue weighted by Gasteiger charge is -2.65. The van der Waals surface area contributed by atoms with Crippen molar-refractivity contribution in [1.82, 2.24) is 0 Å². The van der Waals surface area contributed by atoms with E-state index in [9.17, 15) is 10.2 Å². The summed E-state index contributed by atoms with van der Waals surface area (Å²) in [5, 5.41) is 22.4. The highest BCUT2D eigenvalue weighted by Gasteiger charge is 2.68. The van der Waals surface area contributed by atoms with Crippen LogP contribution in [-0.4, -0.2) is 22.4 Å². The fourth-order valence-electron chi connectivity index (χ4n) is 10.3. The second-order valence-corrected chi connectivity index (χ2v) is 14.4. The van der Waals surface area contributed by atoms with Crippen LogP contribution in [-0.2, 0) is 0 Å². The zero-order chi connectivity index (χ0) is 24.4. The Kier molecular flexibility index (Phi) is 6.75. The Labute approximate surface area is 205 Å². The van der Waals surface area contributed by atoms with Gasteiger partial charge in [0.2, 0.25) is 0 Å². The molecule has 4 rings (SSSR count). The zero-order valence-electron chi connectivity index (χ0n) is 23.1. The molecule has 0 aromatic carbocycles. The molecule has 0 bridgehead atoms. The summed E-state index contributed by atoms with van der Waals surface area (Å²) in [7, 11) is 0. The standard InChI is InChI=1S/C31H54O2/c1-20(2)10-9-11-21(3)23-15-19-31(22(4)32)25-12-13-26-28(5,6)27(33)16-17-29(26,7)24(25)14-18-30(23,31)8/h12,20-24,26-27,32-33H,9-11,13-19H2,1-8H3/t21-,22-,23-,24+,26?,27+,29-,30-,31-/m1/s1. The van der Waals surface area contributed by atoms with E-state index in [4.69, 9.17) is 0 Å². The molecule has 3 fully saturated rings. The van der Waals surface area contributed by atoms with Gasteiger partial charge in [0.05, 0.1) is 12.2 Å². The molecular weight excluding hydrogens is 404 g/mol. The van der Waals surface area contributed by atoms with Gasteiger partial charge in [-0.25, -0.2) is 0 Å². The molecular formula is C31H54O2. The van der Waals surface area contributed by atoms with Gasteiger partial charge in [0.1, 0.15) is 0 Å². The second-order valence-electron chi connectivity index (χ2n) is 14.4. The lowest BCUT2D eigenvalue weighted by molar-refractivity contribution is -0.144. The highest BCUT2D eigenvalue weighted by atomic mass is 16.3. The number of aliphatic hydroxyl groups excluding tert-OH is 2. The Morgan fingerprint density at radius 1 is 0.939 bits per heavy atom. The average Bonchev–Trinajstić information content (AvgIpc) is 3.05. The van der Waals surface area contributed by atoms with Gasteiger partial charge >= 0.3 is 0 Å². The number of hydrogen-bond acceptors (Lipinski definition) is 2. The van der Waals surface area contributed by atoms with E-state index in [2.05, 4.69) is 61.5 Å². The molecule has 0 saturated heterocycles. The van der Waals surface area contributed by atoms with Crippen molar-refractivity contribution in [3.05, 3.63) is 11.6 Å². The molecule has 0 radical (unpaired) electrons. The number of rotatable bonds is 6. The summed E-state index contributed by atoms with van der Waals surface area (Å²) in [6.07, 6.45) is 14.2. The number of hydrogen-bond donors (Lipinski definition) is 2. The Morgan fingerprint density at radius 3 is 2.27 bits per heavy atom. The molecule has 33 heavy (non-hydrogen) atoms. The van der Waals surface area contributed by atoms with Crippen LogP contribution in [0.1, 0.15) is 120 Å². The fourth-order valence-corrected chi connectivity index (χ4v) is 10.3. The van der Waals surface area contributed by atoms with Crippen molar-refractivity contribution < 1.29 is 10.2 Å². The lowest BCUT2D eigenvalue weighted by atomic mass is 9.40. The Morgan fingerprint density at radius 2 is 1.64 bits per heavy atom. The van der Waals surface area contributed by atoms with Crippen LogP contribution in [0.5, 0.6) is 0 Å². The van der Waals surface area contributed by atoms with Crippen molar-refractivity contribution in [3.8, 4) is 0 Å².